The van der Waals surface area contributed by atoms with E-state index in [9.17, 15) is 0 Å². The summed E-state index contributed by atoms with van der Waals surface area (Å²) in [4.78, 5) is 4.07. The zero-order valence-corrected chi connectivity index (χ0v) is 8.91. The Morgan fingerprint density at radius 2 is 2.14 bits per heavy atom. The zero-order valence-electron chi connectivity index (χ0n) is 8.91. The average Bonchev–Trinajstić information content (AvgIpc) is 2.15. The van der Waals surface area contributed by atoms with Crippen LogP contribution in [0.4, 0.5) is 0 Å². The predicted molar refractivity (Wildman–Crippen MR) is 60.6 cm³/mol. The molecule has 0 saturated carbocycles. The van der Waals surface area contributed by atoms with Gasteiger partial charge >= 0.3 is 0 Å². The number of hydrogen-bond donors (Lipinski definition) is 1. The molecule has 0 bridgehead atoms. The highest BCUT2D eigenvalue weighted by molar-refractivity contribution is 5.77. The number of hydrogen-bond acceptors (Lipinski definition) is 2. The fourth-order valence-electron chi connectivity index (χ4n) is 1.40. The van der Waals surface area contributed by atoms with Crippen LogP contribution >= 0.6 is 0 Å². The molecule has 0 unspecified atom stereocenters. The highest BCUT2D eigenvalue weighted by Gasteiger charge is 2.02. The molecule has 0 aromatic carbocycles. The fraction of sp³-hybridized carbons (Fsp3) is 0.250. The number of nitrogens with zero attached hydrogens (tertiary/aromatic N) is 1. The molecule has 2 heteroatoms. The van der Waals surface area contributed by atoms with E-state index in [1.165, 1.54) is 22.3 Å². The van der Waals surface area contributed by atoms with Crippen LogP contribution in [0.5, 0.6) is 0 Å². The Hall–Kier alpha value is -1.57. The first kappa shape index (κ1) is 10.5. The standard InChI is InChI=1S/C12H16N2/c1-9(2)11(4-6-13)12-5-7-14-8-10(12)3/h4-8H,13H2,1-3H3/b6-4-. The number of aromatic nitrogens is 1. The van der Waals surface area contributed by atoms with Gasteiger partial charge in [0.2, 0.25) is 0 Å². The summed E-state index contributed by atoms with van der Waals surface area (Å²) in [6.07, 6.45) is 7.16. The molecule has 1 aromatic heterocycles. The first-order valence-corrected chi connectivity index (χ1v) is 4.63. The fourth-order valence-corrected chi connectivity index (χ4v) is 1.40. The minimum absolute atomic E-state index is 1.17. The number of nitrogens with two attached hydrogens (primary N) is 1. The second-order valence-electron chi connectivity index (χ2n) is 3.46. The summed E-state index contributed by atoms with van der Waals surface area (Å²) >= 11 is 0. The van der Waals surface area contributed by atoms with Crippen LogP contribution in [-0.2, 0) is 0 Å². The van der Waals surface area contributed by atoms with Crippen molar-refractivity contribution < 1.29 is 0 Å². The van der Waals surface area contributed by atoms with Crippen LogP contribution in [0.15, 0.2) is 36.3 Å². The molecule has 0 aliphatic carbocycles. The molecular formula is C12H16N2. The number of pyridine rings is 1. The summed E-state index contributed by atoms with van der Waals surface area (Å²) in [7, 11) is 0. The zero-order chi connectivity index (χ0) is 10.6. The maximum Gasteiger partial charge on any atom is 0.0303 e. The van der Waals surface area contributed by atoms with E-state index in [1.54, 1.807) is 12.4 Å². The Bertz CT molecular complexity index is 372. The summed E-state index contributed by atoms with van der Waals surface area (Å²) < 4.78 is 0. The van der Waals surface area contributed by atoms with Gasteiger partial charge in [0, 0.05) is 12.4 Å². The summed E-state index contributed by atoms with van der Waals surface area (Å²) in [5, 5.41) is 0. The van der Waals surface area contributed by atoms with E-state index in [1.807, 2.05) is 18.3 Å². The second-order valence-corrected chi connectivity index (χ2v) is 3.46. The summed E-state index contributed by atoms with van der Waals surface area (Å²) in [6.45, 7) is 6.21. The van der Waals surface area contributed by atoms with Gasteiger partial charge in [0.05, 0.1) is 0 Å². The molecule has 0 spiro atoms. The Labute approximate surface area is 85.2 Å². The Morgan fingerprint density at radius 1 is 1.43 bits per heavy atom. The second kappa shape index (κ2) is 4.61. The average molecular weight is 188 g/mol. The van der Waals surface area contributed by atoms with Crippen LogP contribution in [0.3, 0.4) is 0 Å². The number of rotatable bonds is 2. The molecule has 0 aliphatic rings. The summed E-state index contributed by atoms with van der Waals surface area (Å²) in [5.41, 5.74) is 10.2. The normalized spacial score (nSPS) is 10.5. The van der Waals surface area contributed by atoms with E-state index in [2.05, 4.69) is 25.8 Å². The van der Waals surface area contributed by atoms with Crippen molar-refractivity contribution >= 4 is 5.57 Å². The quantitative estimate of drug-likeness (QED) is 0.725. The van der Waals surface area contributed by atoms with E-state index in [4.69, 9.17) is 5.73 Å². The van der Waals surface area contributed by atoms with Gasteiger partial charge in [-0.3, -0.25) is 4.98 Å². The van der Waals surface area contributed by atoms with Crippen LogP contribution in [0.1, 0.15) is 25.0 Å². The Balaban J connectivity index is 3.27. The molecule has 0 radical (unpaired) electrons. The number of aryl methyl sites for hydroxylation is 1. The summed E-state index contributed by atoms with van der Waals surface area (Å²) in [6, 6.07) is 2.01. The van der Waals surface area contributed by atoms with Gasteiger partial charge in [0.15, 0.2) is 0 Å². The van der Waals surface area contributed by atoms with Crippen molar-refractivity contribution in [3.8, 4) is 0 Å². The molecule has 74 valence electrons. The SMILES string of the molecule is CC(C)=C(/C=C\N)c1ccncc1C. The first-order valence-electron chi connectivity index (χ1n) is 4.63. The molecule has 14 heavy (non-hydrogen) atoms. The van der Waals surface area contributed by atoms with Gasteiger partial charge in [-0.05, 0) is 55.8 Å². The van der Waals surface area contributed by atoms with E-state index in [-0.39, 0.29) is 0 Å². The smallest absolute Gasteiger partial charge is 0.0303 e. The lowest BCUT2D eigenvalue weighted by atomic mass is 9.99. The highest BCUT2D eigenvalue weighted by atomic mass is 14.6. The topological polar surface area (TPSA) is 38.9 Å². The summed E-state index contributed by atoms with van der Waals surface area (Å²) in [5.74, 6) is 0. The molecule has 1 aromatic rings. The van der Waals surface area contributed by atoms with Crippen molar-refractivity contribution in [3.63, 3.8) is 0 Å². The van der Waals surface area contributed by atoms with Crippen LogP contribution in [0, 0.1) is 6.92 Å². The van der Waals surface area contributed by atoms with Gasteiger partial charge in [0.25, 0.3) is 0 Å². The van der Waals surface area contributed by atoms with E-state index >= 15 is 0 Å². The van der Waals surface area contributed by atoms with Crippen molar-refractivity contribution in [2.24, 2.45) is 5.73 Å². The molecule has 2 nitrogen and oxygen atoms in total. The van der Waals surface area contributed by atoms with Crippen molar-refractivity contribution in [2.75, 3.05) is 0 Å². The van der Waals surface area contributed by atoms with Gasteiger partial charge in [-0.1, -0.05) is 5.57 Å². The molecule has 0 aliphatic heterocycles. The van der Waals surface area contributed by atoms with Gasteiger partial charge in [-0.25, -0.2) is 0 Å². The van der Waals surface area contributed by atoms with E-state index in [0.29, 0.717) is 0 Å². The molecule has 1 rings (SSSR count). The van der Waals surface area contributed by atoms with Gasteiger partial charge in [0.1, 0.15) is 0 Å². The Morgan fingerprint density at radius 3 is 2.64 bits per heavy atom. The monoisotopic (exact) mass is 188 g/mol. The third kappa shape index (κ3) is 2.22. The number of allylic oxidation sites excluding steroid dienone is 3. The Kier molecular flexibility index (Phi) is 3.46. The maximum atomic E-state index is 5.42. The third-order valence-corrected chi connectivity index (χ3v) is 2.11. The van der Waals surface area contributed by atoms with Crippen molar-refractivity contribution in [1.29, 1.82) is 0 Å². The molecule has 0 saturated heterocycles. The van der Waals surface area contributed by atoms with E-state index in [0.717, 1.165) is 0 Å². The molecule has 0 fully saturated rings. The minimum Gasteiger partial charge on any atom is -0.405 e. The first-order chi connectivity index (χ1) is 6.66. The van der Waals surface area contributed by atoms with E-state index < -0.39 is 0 Å². The van der Waals surface area contributed by atoms with Gasteiger partial charge < -0.3 is 5.73 Å². The van der Waals surface area contributed by atoms with Gasteiger partial charge in [-0.15, -0.1) is 0 Å². The van der Waals surface area contributed by atoms with Gasteiger partial charge in [-0.2, -0.15) is 0 Å². The largest absolute Gasteiger partial charge is 0.405 e. The lowest BCUT2D eigenvalue weighted by molar-refractivity contribution is 1.24. The van der Waals surface area contributed by atoms with Crippen molar-refractivity contribution in [3.05, 3.63) is 47.4 Å². The van der Waals surface area contributed by atoms with Crippen LogP contribution in [-0.4, -0.2) is 4.98 Å². The lowest BCUT2D eigenvalue weighted by Gasteiger charge is -2.08. The lowest BCUT2D eigenvalue weighted by Crippen LogP contribution is -1.91. The van der Waals surface area contributed by atoms with Crippen LogP contribution < -0.4 is 5.73 Å². The minimum atomic E-state index is 1.17. The highest BCUT2D eigenvalue weighted by Crippen LogP contribution is 2.22. The van der Waals surface area contributed by atoms with Crippen molar-refractivity contribution in [1.82, 2.24) is 4.98 Å². The molecule has 1 heterocycles. The maximum absolute atomic E-state index is 5.42. The predicted octanol–water partition coefficient (Wildman–Crippen LogP) is 2.66. The van der Waals surface area contributed by atoms with Crippen LogP contribution in [0.25, 0.3) is 5.57 Å². The van der Waals surface area contributed by atoms with Crippen LogP contribution in [0.2, 0.25) is 0 Å². The molecular weight excluding hydrogens is 172 g/mol. The molecule has 0 amide bonds. The van der Waals surface area contributed by atoms with Crippen molar-refractivity contribution in [2.45, 2.75) is 20.8 Å². The third-order valence-electron chi connectivity index (χ3n) is 2.11. The molecule has 2 N–H and O–H groups in total. The molecule has 0 atom stereocenters.